The first kappa shape index (κ1) is 15.0. The molecule has 6 heteroatoms. The van der Waals surface area contributed by atoms with E-state index >= 15 is 0 Å². The molecule has 0 spiro atoms. The number of thiol groups is 2. The van der Waals surface area contributed by atoms with Gasteiger partial charge in [0.1, 0.15) is 0 Å². The van der Waals surface area contributed by atoms with Gasteiger partial charge in [-0.15, -0.1) is 0 Å². The van der Waals surface area contributed by atoms with Crippen LogP contribution in [0.1, 0.15) is 26.2 Å². The normalized spacial score (nSPS) is 8.58. The number of carbonyl (C=O) groups excluding carboxylic acids is 1. The van der Waals surface area contributed by atoms with Crippen LogP contribution in [-0.4, -0.2) is 16.4 Å². The summed E-state index contributed by atoms with van der Waals surface area (Å²) < 4.78 is 5.57. The van der Waals surface area contributed by atoms with Crippen molar-refractivity contribution in [2.45, 2.75) is 26.2 Å². The van der Waals surface area contributed by atoms with E-state index in [1.165, 1.54) is 0 Å². The third kappa shape index (κ3) is 8.56. The Labute approximate surface area is 94.2 Å². The van der Waals surface area contributed by atoms with Crippen molar-refractivity contribution in [2.24, 2.45) is 0 Å². The van der Waals surface area contributed by atoms with Crippen molar-refractivity contribution in [2.75, 3.05) is 6.61 Å². The molecule has 0 fully saturated rings. The van der Waals surface area contributed by atoms with Crippen LogP contribution in [0.4, 0.5) is 4.79 Å². The summed E-state index contributed by atoms with van der Waals surface area (Å²) in [6.45, 7) is 2.54. The van der Waals surface area contributed by atoms with E-state index in [1.54, 1.807) is 0 Å². The van der Waals surface area contributed by atoms with Crippen LogP contribution in [0.25, 0.3) is 0 Å². The largest absolute Gasteiger partial charge is 0.448 e. The maximum Gasteiger partial charge on any atom is 0.429 e. The van der Waals surface area contributed by atoms with Gasteiger partial charge in [-0.3, -0.25) is 0 Å². The second-order valence-electron chi connectivity index (χ2n) is 2.11. The molecule has 76 valence electrons. The molecule has 0 saturated carbocycles. The summed E-state index contributed by atoms with van der Waals surface area (Å²) in [4.78, 5) is 10.7. The number of rotatable bonds is 4. The molecular formula is C6H13NNiO2S2. The predicted octanol–water partition coefficient (Wildman–Crippen LogP) is 2.30. The predicted molar refractivity (Wildman–Crippen MR) is 50.7 cm³/mol. The Hall–Kier alpha value is 0.464. The van der Waals surface area contributed by atoms with Crippen molar-refractivity contribution >= 4 is 31.7 Å². The Bertz CT molecular complexity index is 124. The summed E-state index contributed by atoms with van der Waals surface area (Å²) in [6, 6.07) is 0. The third-order valence-electron chi connectivity index (χ3n) is 1.14. The molecule has 0 aliphatic rings. The second-order valence-corrected chi connectivity index (χ2v) is 3.23. The number of carbonyl (C=O) groups is 1. The fourth-order valence-electron chi connectivity index (χ4n) is 0.569. The van der Waals surface area contributed by atoms with Crippen LogP contribution in [0, 0.1) is 0 Å². The quantitative estimate of drug-likeness (QED) is 0.458. The van der Waals surface area contributed by atoms with Gasteiger partial charge in [-0.25, -0.2) is 4.79 Å². The average molecular weight is 254 g/mol. The van der Waals surface area contributed by atoms with Crippen LogP contribution < -0.4 is 0 Å². The smallest absolute Gasteiger partial charge is 0.429 e. The third-order valence-corrected chi connectivity index (χ3v) is 1.46. The summed E-state index contributed by atoms with van der Waals surface area (Å²) in [5, 5.41) is 0. The molecular weight excluding hydrogens is 241 g/mol. The zero-order valence-electron chi connectivity index (χ0n) is 6.80. The number of nitrogens with zero attached hydrogens (tertiary/aromatic N) is 1. The topological polar surface area (TPSA) is 29.5 Å². The molecule has 0 atom stereocenters. The molecule has 0 aromatic heterocycles. The van der Waals surface area contributed by atoms with Gasteiger partial charge in [0.2, 0.25) is 0 Å². The van der Waals surface area contributed by atoms with Gasteiger partial charge < -0.3 is 4.74 Å². The van der Waals surface area contributed by atoms with Gasteiger partial charge in [0.05, 0.1) is 6.61 Å². The summed E-state index contributed by atoms with van der Waals surface area (Å²) >= 11 is 7.28. The van der Waals surface area contributed by atoms with E-state index in [0.29, 0.717) is 6.61 Å². The van der Waals surface area contributed by atoms with Gasteiger partial charge in [-0.1, -0.05) is 19.8 Å². The van der Waals surface area contributed by atoms with Crippen LogP contribution in [-0.2, 0) is 21.2 Å². The summed E-state index contributed by atoms with van der Waals surface area (Å²) in [5.41, 5.74) is 0. The van der Waals surface area contributed by atoms with E-state index in [-0.39, 0.29) is 16.5 Å². The van der Waals surface area contributed by atoms with Crippen molar-refractivity contribution in [3.05, 3.63) is 0 Å². The molecule has 0 heterocycles. The minimum atomic E-state index is -0.521. The standard InChI is InChI=1S/C6H13NO2S2.Ni/c1-2-3-4-5-9-6(8)7(10)11;/h10-11H,2-5H2,1H3;. The van der Waals surface area contributed by atoms with Crippen LogP contribution >= 0.6 is 25.6 Å². The van der Waals surface area contributed by atoms with E-state index < -0.39 is 6.09 Å². The molecule has 0 radical (unpaired) electrons. The monoisotopic (exact) mass is 253 g/mol. The van der Waals surface area contributed by atoms with E-state index in [4.69, 9.17) is 4.74 Å². The molecule has 0 bridgehead atoms. The molecule has 0 aromatic rings. The Morgan fingerprint density at radius 3 is 2.42 bits per heavy atom. The van der Waals surface area contributed by atoms with Gasteiger partial charge in [0, 0.05) is 16.5 Å². The molecule has 0 aliphatic carbocycles. The number of amides is 1. The van der Waals surface area contributed by atoms with Gasteiger partial charge >= 0.3 is 6.09 Å². The van der Waals surface area contributed by atoms with Crippen molar-refractivity contribution in [1.82, 2.24) is 3.71 Å². The maximum absolute atomic E-state index is 10.7. The van der Waals surface area contributed by atoms with Gasteiger partial charge in [0.15, 0.2) is 0 Å². The molecule has 1 amide bonds. The molecule has 0 aliphatic heterocycles. The minimum Gasteiger partial charge on any atom is -0.448 e. The zero-order chi connectivity index (χ0) is 8.69. The molecule has 0 rings (SSSR count). The van der Waals surface area contributed by atoms with Crippen LogP contribution in [0.15, 0.2) is 0 Å². The number of unbranched alkanes of at least 4 members (excludes halogenated alkanes) is 2. The maximum atomic E-state index is 10.7. The van der Waals surface area contributed by atoms with E-state index in [2.05, 4.69) is 32.6 Å². The number of hydrogen-bond acceptors (Lipinski definition) is 4. The van der Waals surface area contributed by atoms with Crippen LogP contribution in [0.2, 0.25) is 0 Å². The van der Waals surface area contributed by atoms with E-state index in [1.807, 2.05) is 0 Å². The molecule has 0 saturated heterocycles. The zero-order valence-corrected chi connectivity index (χ0v) is 9.58. The summed E-state index contributed by atoms with van der Waals surface area (Å²) in [7, 11) is 0. The fourth-order valence-corrected chi connectivity index (χ4v) is 0.685. The Kier molecular flexibility index (Phi) is 11.9. The Morgan fingerprint density at radius 1 is 1.42 bits per heavy atom. The first-order valence-electron chi connectivity index (χ1n) is 3.53. The molecule has 0 aromatic carbocycles. The molecule has 0 N–H and O–H groups in total. The molecule has 3 nitrogen and oxygen atoms in total. The second kappa shape index (κ2) is 9.55. The van der Waals surface area contributed by atoms with Crippen molar-refractivity contribution in [3.63, 3.8) is 0 Å². The van der Waals surface area contributed by atoms with Crippen molar-refractivity contribution in [1.29, 1.82) is 0 Å². The SMILES string of the molecule is CCCCCOC(=O)N(S)S.[Ni]. The van der Waals surface area contributed by atoms with E-state index in [9.17, 15) is 4.79 Å². The first-order chi connectivity index (χ1) is 5.18. The van der Waals surface area contributed by atoms with Gasteiger partial charge in [-0.05, 0) is 32.1 Å². The van der Waals surface area contributed by atoms with E-state index in [0.717, 1.165) is 23.0 Å². The van der Waals surface area contributed by atoms with Crippen molar-refractivity contribution < 1.29 is 26.0 Å². The van der Waals surface area contributed by atoms with Gasteiger partial charge in [0.25, 0.3) is 0 Å². The van der Waals surface area contributed by atoms with Crippen LogP contribution in [0.3, 0.4) is 0 Å². The number of ether oxygens (including phenoxy) is 1. The summed E-state index contributed by atoms with van der Waals surface area (Å²) in [5.74, 6) is 0. The average Bonchev–Trinajstić information content (AvgIpc) is 1.97. The molecule has 0 unspecified atom stereocenters. The fraction of sp³-hybridized carbons (Fsp3) is 0.833. The van der Waals surface area contributed by atoms with Crippen LogP contribution in [0.5, 0.6) is 0 Å². The Morgan fingerprint density at radius 2 is 2.00 bits per heavy atom. The number of hydrogen-bond donors (Lipinski definition) is 2. The van der Waals surface area contributed by atoms with Crippen molar-refractivity contribution in [3.8, 4) is 0 Å². The minimum absolute atomic E-state index is 0. The Balaban J connectivity index is 0. The first-order valence-corrected chi connectivity index (χ1v) is 4.33. The summed E-state index contributed by atoms with van der Waals surface area (Å²) in [6.07, 6.45) is 2.57. The van der Waals surface area contributed by atoms with Gasteiger partial charge in [-0.2, -0.15) is 3.71 Å². The molecule has 12 heavy (non-hydrogen) atoms.